The zero-order valence-electron chi connectivity index (χ0n) is 13.7. The van der Waals surface area contributed by atoms with Crippen molar-refractivity contribution in [2.45, 2.75) is 40.5 Å². The molecule has 1 aromatic carbocycles. The highest BCUT2D eigenvalue weighted by molar-refractivity contribution is 6.23. The van der Waals surface area contributed by atoms with E-state index in [1.807, 2.05) is 45.0 Å². The van der Waals surface area contributed by atoms with E-state index in [-0.39, 0.29) is 17.0 Å². The molecule has 2 rings (SSSR count). The predicted molar refractivity (Wildman–Crippen MR) is 87.0 cm³/mol. The van der Waals surface area contributed by atoms with Crippen molar-refractivity contribution in [1.82, 2.24) is 0 Å². The van der Waals surface area contributed by atoms with E-state index in [9.17, 15) is 9.59 Å². The summed E-state index contributed by atoms with van der Waals surface area (Å²) in [7, 11) is 0. The first-order valence-electron chi connectivity index (χ1n) is 7.59. The number of rotatable bonds is 4. The van der Waals surface area contributed by atoms with Gasteiger partial charge in [0.15, 0.2) is 11.6 Å². The fourth-order valence-corrected chi connectivity index (χ4v) is 2.76. The first-order valence-corrected chi connectivity index (χ1v) is 7.59. The van der Waals surface area contributed by atoms with Gasteiger partial charge in [-0.3, -0.25) is 9.59 Å². The molecule has 0 bridgehead atoms. The number of allylic oxidation sites excluding steroid dienone is 2. The summed E-state index contributed by atoms with van der Waals surface area (Å²) in [5, 5.41) is 3.15. The minimum absolute atomic E-state index is 0.0720. The van der Waals surface area contributed by atoms with Crippen LogP contribution in [0.2, 0.25) is 0 Å². The van der Waals surface area contributed by atoms with Gasteiger partial charge >= 0.3 is 0 Å². The van der Waals surface area contributed by atoms with Crippen molar-refractivity contribution < 1.29 is 14.3 Å². The fourth-order valence-electron chi connectivity index (χ4n) is 2.76. The molecule has 1 saturated carbocycles. The second-order valence-electron chi connectivity index (χ2n) is 6.45. The van der Waals surface area contributed by atoms with Gasteiger partial charge in [0.05, 0.1) is 12.2 Å². The summed E-state index contributed by atoms with van der Waals surface area (Å²) < 4.78 is 5.39. The summed E-state index contributed by atoms with van der Waals surface area (Å²) >= 11 is 0. The van der Waals surface area contributed by atoms with Crippen molar-refractivity contribution in [1.29, 1.82) is 0 Å². The first kappa shape index (κ1) is 16.3. The lowest BCUT2D eigenvalue weighted by atomic mass is 9.73. The molecule has 0 aromatic heterocycles. The van der Waals surface area contributed by atoms with Crippen LogP contribution in [0.15, 0.2) is 35.5 Å². The van der Waals surface area contributed by atoms with E-state index in [2.05, 4.69) is 5.32 Å². The fraction of sp³-hybridized carbons (Fsp3) is 0.444. The standard InChI is InChI=1S/C18H23NO3/c1-5-22-14-8-6-13(7-9-14)19-12(2)17-15(20)10-18(3,4)11-16(17)21/h6-9,19H,5,10-11H2,1-4H3. The Hall–Kier alpha value is -2.10. The lowest BCUT2D eigenvalue weighted by Crippen LogP contribution is -2.32. The van der Waals surface area contributed by atoms with Crippen LogP contribution < -0.4 is 10.1 Å². The van der Waals surface area contributed by atoms with Crippen molar-refractivity contribution in [2.75, 3.05) is 11.9 Å². The molecular formula is C18H23NO3. The Kier molecular flexibility index (Phi) is 4.69. The van der Waals surface area contributed by atoms with Crippen LogP contribution in [0.4, 0.5) is 5.69 Å². The molecule has 22 heavy (non-hydrogen) atoms. The number of Topliss-reactive ketones (excluding diaryl/α,β-unsaturated/α-hetero) is 2. The maximum absolute atomic E-state index is 12.3. The zero-order chi connectivity index (χ0) is 16.3. The normalized spacial score (nSPS) is 17.4. The van der Waals surface area contributed by atoms with E-state index in [0.717, 1.165) is 11.4 Å². The van der Waals surface area contributed by atoms with Crippen LogP contribution in [0.5, 0.6) is 5.75 Å². The van der Waals surface area contributed by atoms with Crippen molar-refractivity contribution in [3.63, 3.8) is 0 Å². The van der Waals surface area contributed by atoms with Crippen molar-refractivity contribution in [3.05, 3.63) is 35.5 Å². The van der Waals surface area contributed by atoms with Gasteiger partial charge in [-0.25, -0.2) is 0 Å². The Morgan fingerprint density at radius 2 is 1.68 bits per heavy atom. The largest absolute Gasteiger partial charge is 0.494 e. The van der Waals surface area contributed by atoms with Crippen molar-refractivity contribution in [2.24, 2.45) is 5.41 Å². The molecule has 1 fully saturated rings. The molecule has 0 heterocycles. The molecule has 0 spiro atoms. The van der Waals surface area contributed by atoms with Crippen LogP contribution in [-0.4, -0.2) is 18.2 Å². The summed E-state index contributed by atoms with van der Waals surface area (Å²) in [6, 6.07) is 7.46. The van der Waals surface area contributed by atoms with Crippen LogP contribution in [0, 0.1) is 5.41 Å². The number of carbonyl (C=O) groups is 2. The molecule has 0 amide bonds. The number of anilines is 1. The molecule has 0 aliphatic heterocycles. The minimum atomic E-state index is -0.239. The molecular weight excluding hydrogens is 278 g/mol. The third-order valence-corrected chi connectivity index (χ3v) is 3.71. The molecule has 0 unspecified atom stereocenters. The molecule has 4 heteroatoms. The second kappa shape index (κ2) is 6.34. The van der Waals surface area contributed by atoms with E-state index in [4.69, 9.17) is 4.74 Å². The van der Waals surface area contributed by atoms with Gasteiger partial charge in [-0.2, -0.15) is 0 Å². The van der Waals surface area contributed by atoms with Gasteiger partial charge in [0.2, 0.25) is 0 Å². The van der Waals surface area contributed by atoms with Crippen LogP contribution in [-0.2, 0) is 9.59 Å². The quantitative estimate of drug-likeness (QED) is 0.680. The Morgan fingerprint density at radius 3 is 2.18 bits per heavy atom. The number of hydrogen-bond acceptors (Lipinski definition) is 4. The molecule has 1 N–H and O–H groups in total. The maximum Gasteiger partial charge on any atom is 0.168 e. The lowest BCUT2D eigenvalue weighted by Gasteiger charge is -2.29. The number of carbonyl (C=O) groups excluding carboxylic acids is 2. The highest BCUT2D eigenvalue weighted by Crippen LogP contribution is 2.34. The molecule has 0 atom stereocenters. The molecule has 1 aliphatic rings. The molecule has 1 aliphatic carbocycles. The Labute approximate surface area is 131 Å². The second-order valence-corrected chi connectivity index (χ2v) is 6.45. The van der Waals surface area contributed by atoms with Gasteiger partial charge in [-0.1, -0.05) is 13.8 Å². The van der Waals surface area contributed by atoms with E-state index >= 15 is 0 Å². The van der Waals surface area contributed by atoms with Gasteiger partial charge in [0.25, 0.3) is 0 Å². The number of ketones is 2. The number of hydrogen-bond donors (Lipinski definition) is 1. The van der Waals surface area contributed by atoms with Gasteiger partial charge in [0.1, 0.15) is 5.75 Å². The highest BCUT2D eigenvalue weighted by atomic mass is 16.5. The average Bonchev–Trinajstić information content (AvgIpc) is 2.39. The topological polar surface area (TPSA) is 55.4 Å². The Bertz CT molecular complexity index is 590. The molecule has 0 radical (unpaired) electrons. The monoisotopic (exact) mass is 301 g/mol. The smallest absolute Gasteiger partial charge is 0.168 e. The Morgan fingerprint density at radius 1 is 1.14 bits per heavy atom. The lowest BCUT2D eigenvalue weighted by molar-refractivity contribution is -0.127. The molecule has 118 valence electrons. The van der Waals surface area contributed by atoms with Crippen molar-refractivity contribution in [3.8, 4) is 5.75 Å². The summed E-state index contributed by atoms with van der Waals surface area (Å²) in [4.78, 5) is 24.5. The van der Waals surface area contributed by atoms with Crippen molar-refractivity contribution >= 4 is 17.3 Å². The number of nitrogens with one attached hydrogen (secondary N) is 1. The minimum Gasteiger partial charge on any atom is -0.494 e. The summed E-state index contributed by atoms with van der Waals surface area (Å²) in [6.07, 6.45) is 0.826. The van der Waals surface area contributed by atoms with Crippen LogP contribution >= 0.6 is 0 Å². The van der Waals surface area contributed by atoms with Gasteiger partial charge in [-0.05, 0) is 43.5 Å². The average molecular weight is 301 g/mol. The van der Waals surface area contributed by atoms with E-state index in [0.29, 0.717) is 30.7 Å². The van der Waals surface area contributed by atoms with Gasteiger partial charge < -0.3 is 10.1 Å². The van der Waals surface area contributed by atoms with E-state index in [1.54, 1.807) is 6.92 Å². The van der Waals surface area contributed by atoms with Gasteiger partial charge in [-0.15, -0.1) is 0 Å². The molecule has 0 saturated heterocycles. The van der Waals surface area contributed by atoms with Crippen LogP contribution in [0.1, 0.15) is 40.5 Å². The van der Waals surface area contributed by atoms with Crippen LogP contribution in [0.25, 0.3) is 0 Å². The molecule has 1 aromatic rings. The first-order chi connectivity index (χ1) is 10.3. The SMILES string of the molecule is CCOc1ccc(NC(C)=C2C(=O)CC(C)(C)CC2=O)cc1. The maximum atomic E-state index is 12.3. The van der Waals surface area contributed by atoms with E-state index < -0.39 is 0 Å². The summed E-state index contributed by atoms with van der Waals surface area (Å²) in [5.74, 6) is 0.652. The number of benzene rings is 1. The Balaban J connectivity index is 2.17. The third-order valence-electron chi connectivity index (χ3n) is 3.71. The van der Waals surface area contributed by atoms with E-state index in [1.165, 1.54) is 0 Å². The summed E-state index contributed by atoms with van der Waals surface area (Å²) in [5.41, 5.74) is 1.53. The third kappa shape index (κ3) is 3.75. The van der Waals surface area contributed by atoms with Crippen LogP contribution in [0.3, 0.4) is 0 Å². The summed E-state index contributed by atoms with van der Waals surface area (Å²) in [6.45, 7) is 8.24. The van der Waals surface area contributed by atoms with Gasteiger partial charge in [0, 0.05) is 24.2 Å². The predicted octanol–water partition coefficient (Wildman–Crippen LogP) is 3.73. The molecule has 4 nitrogen and oxygen atoms in total. The highest BCUT2D eigenvalue weighted by Gasteiger charge is 2.36. The number of ether oxygens (including phenoxy) is 1. The zero-order valence-corrected chi connectivity index (χ0v) is 13.7.